The van der Waals surface area contributed by atoms with Crippen molar-refractivity contribution in [3.05, 3.63) is 35.4 Å². The number of aliphatic carboxylic acids is 1. The van der Waals surface area contributed by atoms with Gasteiger partial charge < -0.3 is 25.8 Å². The van der Waals surface area contributed by atoms with E-state index in [0.29, 0.717) is 29.3 Å². The van der Waals surface area contributed by atoms with Gasteiger partial charge in [-0.2, -0.15) is 4.99 Å². The molecule has 11 nitrogen and oxygen atoms in total. The molecule has 2 fully saturated rings. The van der Waals surface area contributed by atoms with Crippen molar-refractivity contribution in [2.75, 3.05) is 20.2 Å². The number of amides is 2. The van der Waals surface area contributed by atoms with Crippen molar-refractivity contribution in [3.63, 3.8) is 0 Å². The van der Waals surface area contributed by atoms with E-state index in [-0.39, 0.29) is 43.2 Å². The number of nitrogens with one attached hydrogen (secondary N) is 1. The monoisotopic (exact) mass is 517 g/mol. The van der Waals surface area contributed by atoms with Crippen molar-refractivity contribution in [3.8, 4) is 0 Å². The van der Waals surface area contributed by atoms with Crippen LogP contribution in [0.2, 0.25) is 0 Å². The van der Waals surface area contributed by atoms with E-state index in [4.69, 9.17) is 10.8 Å². The maximum Gasteiger partial charge on any atom is 0.307 e. The molecular formula is C24H31N5O6S. The van der Waals surface area contributed by atoms with Crippen LogP contribution in [0.4, 0.5) is 0 Å². The van der Waals surface area contributed by atoms with E-state index < -0.39 is 23.1 Å². The van der Waals surface area contributed by atoms with Crippen LogP contribution in [0.25, 0.3) is 0 Å². The van der Waals surface area contributed by atoms with Crippen molar-refractivity contribution >= 4 is 46.5 Å². The van der Waals surface area contributed by atoms with Crippen LogP contribution in [0.1, 0.15) is 54.9 Å². The first kappa shape index (κ1) is 27.2. The molecule has 1 aliphatic heterocycles. The Morgan fingerprint density at radius 2 is 1.83 bits per heavy atom. The van der Waals surface area contributed by atoms with E-state index in [0.717, 1.165) is 12.8 Å². The van der Waals surface area contributed by atoms with Gasteiger partial charge in [-0.05, 0) is 38.3 Å². The van der Waals surface area contributed by atoms with Crippen LogP contribution in [0.5, 0.6) is 0 Å². The second-order valence-corrected chi connectivity index (χ2v) is 9.68. The topological polar surface area (TPSA) is 164 Å². The Morgan fingerprint density at radius 1 is 1.17 bits per heavy atom. The lowest BCUT2D eigenvalue weighted by Gasteiger charge is -2.24. The summed E-state index contributed by atoms with van der Waals surface area (Å²) in [6.45, 7) is 2.43. The van der Waals surface area contributed by atoms with Crippen LogP contribution >= 0.6 is 11.8 Å². The molecule has 1 saturated carbocycles. The second kappa shape index (κ2) is 12.5. The van der Waals surface area contributed by atoms with E-state index in [1.807, 2.05) is 11.8 Å². The maximum atomic E-state index is 12.9. The Bertz CT molecular complexity index is 1050. The lowest BCUT2D eigenvalue weighted by molar-refractivity contribution is -0.140. The number of nitrogens with zero attached hydrogens (tertiary/aromatic N) is 3. The minimum absolute atomic E-state index is 0.0229. The highest BCUT2D eigenvalue weighted by Gasteiger charge is 2.46. The number of aliphatic imine (C=N–C) groups is 2. The van der Waals surface area contributed by atoms with Gasteiger partial charge in [-0.15, -0.1) is 0 Å². The van der Waals surface area contributed by atoms with E-state index >= 15 is 0 Å². The van der Waals surface area contributed by atoms with Crippen molar-refractivity contribution in [2.45, 2.75) is 56.4 Å². The summed E-state index contributed by atoms with van der Waals surface area (Å²) in [6, 6.07) is 6.68. The van der Waals surface area contributed by atoms with Crippen LogP contribution in [0.15, 0.2) is 34.3 Å². The average Bonchev–Trinajstić information content (AvgIpc) is 3.64. The van der Waals surface area contributed by atoms with Gasteiger partial charge in [-0.25, -0.2) is 0 Å². The standard InChI is InChI=1S/C24H31N5O6S/c1-14-20(23(34)27-13-11-19(32)35-2)36-24(29(14)17-9-10-17)28-22(33)16-7-5-15(6-8-16)21(25)26-12-3-4-18(30)31/h5-8,14,17,20H,3-4,9-13H2,1-2H3,(H2,25,26)(H,27,34)(H,30,31). The molecule has 2 aliphatic rings. The molecule has 2 atom stereocenters. The molecule has 0 spiro atoms. The molecule has 0 aromatic heterocycles. The zero-order chi connectivity index (χ0) is 26.2. The first-order valence-corrected chi connectivity index (χ1v) is 12.6. The van der Waals surface area contributed by atoms with Gasteiger partial charge in [0, 0.05) is 42.7 Å². The highest BCUT2D eigenvalue weighted by molar-refractivity contribution is 8.15. The molecule has 1 heterocycles. The molecule has 1 aliphatic carbocycles. The molecule has 4 N–H and O–H groups in total. The van der Waals surface area contributed by atoms with Gasteiger partial charge in [0.1, 0.15) is 11.1 Å². The molecule has 36 heavy (non-hydrogen) atoms. The maximum absolute atomic E-state index is 12.9. The number of hydrogen-bond donors (Lipinski definition) is 3. The largest absolute Gasteiger partial charge is 0.481 e. The molecule has 0 bridgehead atoms. The third-order valence-electron chi connectivity index (χ3n) is 5.84. The number of methoxy groups -OCH3 is 1. The molecule has 12 heteroatoms. The van der Waals surface area contributed by atoms with Crippen LogP contribution in [-0.2, 0) is 19.1 Å². The summed E-state index contributed by atoms with van der Waals surface area (Å²) in [5.41, 5.74) is 6.96. The Kier molecular flexibility index (Phi) is 9.45. The molecule has 1 aromatic rings. The van der Waals surface area contributed by atoms with E-state index in [1.54, 1.807) is 24.3 Å². The summed E-state index contributed by atoms with van der Waals surface area (Å²) >= 11 is 1.26. The van der Waals surface area contributed by atoms with Crippen molar-refractivity contribution in [2.24, 2.45) is 15.7 Å². The summed E-state index contributed by atoms with van der Waals surface area (Å²) in [4.78, 5) is 58.1. The number of nitrogens with two attached hydrogens (primary N) is 1. The number of carboxylic acids is 1. The first-order chi connectivity index (χ1) is 17.2. The SMILES string of the molecule is COC(=O)CCNC(=O)C1SC(=NC(=O)c2ccc(C(N)=NCCCC(=O)O)cc2)N(C2CC2)C1C. The number of esters is 1. The summed E-state index contributed by atoms with van der Waals surface area (Å²) in [5, 5.41) is 11.5. The third kappa shape index (κ3) is 7.30. The number of thioether (sulfide) groups is 1. The lowest BCUT2D eigenvalue weighted by Crippen LogP contribution is -2.43. The highest BCUT2D eigenvalue weighted by Crippen LogP contribution is 2.40. The number of hydrogen-bond acceptors (Lipinski definition) is 7. The Balaban J connectivity index is 1.65. The van der Waals surface area contributed by atoms with Gasteiger partial charge in [0.05, 0.1) is 13.5 Å². The number of ether oxygens (including phenoxy) is 1. The average molecular weight is 518 g/mol. The van der Waals surface area contributed by atoms with Gasteiger partial charge in [0.15, 0.2) is 5.17 Å². The van der Waals surface area contributed by atoms with Crippen molar-refractivity contribution in [1.82, 2.24) is 10.2 Å². The summed E-state index contributed by atoms with van der Waals surface area (Å²) in [5.74, 6) is -1.64. The second-order valence-electron chi connectivity index (χ2n) is 8.58. The van der Waals surface area contributed by atoms with E-state index in [1.165, 1.54) is 18.9 Å². The third-order valence-corrected chi connectivity index (χ3v) is 7.22. The number of carbonyl (C=O) groups excluding carboxylic acids is 3. The normalized spacial score (nSPS) is 20.9. The predicted molar refractivity (Wildman–Crippen MR) is 136 cm³/mol. The lowest BCUT2D eigenvalue weighted by atomic mass is 10.1. The zero-order valence-corrected chi connectivity index (χ0v) is 21.1. The van der Waals surface area contributed by atoms with E-state index in [9.17, 15) is 19.2 Å². The smallest absolute Gasteiger partial charge is 0.307 e. The number of rotatable bonds is 11. The molecule has 3 rings (SSSR count). The van der Waals surface area contributed by atoms with Gasteiger partial charge in [0.2, 0.25) is 5.91 Å². The van der Waals surface area contributed by atoms with Crippen molar-refractivity contribution in [1.29, 1.82) is 0 Å². The number of amidine groups is 2. The van der Waals surface area contributed by atoms with E-state index in [2.05, 4.69) is 20.0 Å². The van der Waals surface area contributed by atoms with Crippen LogP contribution in [0, 0.1) is 0 Å². The minimum Gasteiger partial charge on any atom is -0.481 e. The number of benzene rings is 1. The summed E-state index contributed by atoms with van der Waals surface area (Å²) in [6.07, 6.45) is 2.47. The van der Waals surface area contributed by atoms with Crippen LogP contribution in [0.3, 0.4) is 0 Å². The van der Waals surface area contributed by atoms with Gasteiger partial charge in [0.25, 0.3) is 5.91 Å². The summed E-state index contributed by atoms with van der Waals surface area (Å²) < 4.78 is 4.60. The van der Waals surface area contributed by atoms with Gasteiger partial charge in [-0.3, -0.25) is 24.2 Å². The molecule has 194 valence electrons. The number of carboxylic acid groups (broad SMARTS) is 1. The Hall–Kier alpha value is -3.41. The van der Waals surface area contributed by atoms with Gasteiger partial charge in [-0.1, -0.05) is 23.9 Å². The molecule has 1 aromatic carbocycles. The predicted octanol–water partition coefficient (Wildman–Crippen LogP) is 1.40. The fourth-order valence-electron chi connectivity index (χ4n) is 3.74. The summed E-state index contributed by atoms with van der Waals surface area (Å²) in [7, 11) is 1.30. The van der Waals surface area contributed by atoms with Gasteiger partial charge >= 0.3 is 11.9 Å². The van der Waals surface area contributed by atoms with Crippen LogP contribution in [-0.4, -0.2) is 82.3 Å². The zero-order valence-electron chi connectivity index (χ0n) is 20.3. The van der Waals surface area contributed by atoms with Crippen molar-refractivity contribution < 1.29 is 29.0 Å². The number of carbonyl (C=O) groups is 4. The molecular weight excluding hydrogens is 486 g/mol. The quantitative estimate of drug-likeness (QED) is 0.170. The Morgan fingerprint density at radius 3 is 2.44 bits per heavy atom. The Labute approximate surface area is 213 Å². The highest BCUT2D eigenvalue weighted by atomic mass is 32.2. The first-order valence-electron chi connectivity index (χ1n) is 11.8. The molecule has 0 radical (unpaired) electrons. The minimum atomic E-state index is -0.881. The fraction of sp³-hybridized carbons (Fsp3) is 0.500. The molecule has 2 unspecified atom stereocenters. The molecule has 2 amide bonds. The fourth-order valence-corrected chi connectivity index (χ4v) is 5.06. The molecule has 1 saturated heterocycles. The van der Waals surface area contributed by atoms with Crippen LogP contribution < -0.4 is 11.1 Å².